The minimum Gasteiger partial charge on any atom is -0.322 e. The topological polar surface area (TPSA) is 81.8 Å². The van der Waals surface area contributed by atoms with E-state index in [9.17, 15) is 14.4 Å². The second-order valence-electron chi connectivity index (χ2n) is 9.98. The number of fused-ring (bicyclic) bond motifs is 1. The van der Waals surface area contributed by atoms with Gasteiger partial charge in [0, 0.05) is 31.1 Å². The van der Waals surface area contributed by atoms with Gasteiger partial charge in [-0.1, -0.05) is 12.1 Å². The molecule has 4 aliphatic heterocycles. The molecule has 1 unspecified atom stereocenters. The van der Waals surface area contributed by atoms with Crippen LogP contribution in [0.5, 0.6) is 0 Å². The molecule has 0 aliphatic carbocycles. The molecule has 0 radical (unpaired) electrons. The van der Waals surface area contributed by atoms with Gasteiger partial charge in [0.2, 0.25) is 11.8 Å². The number of rotatable bonds is 6. The van der Waals surface area contributed by atoms with Crippen LogP contribution >= 0.6 is 0 Å². The maximum atomic E-state index is 12.9. The Hall–Kier alpha value is -2.25. The highest BCUT2D eigenvalue weighted by molar-refractivity contribution is 6.05. The zero-order chi connectivity index (χ0) is 22.1. The van der Waals surface area contributed by atoms with Gasteiger partial charge < -0.3 is 10.2 Å². The van der Waals surface area contributed by atoms with Crippen LogP contribution in [0.25, 0.3) is 0 Å². The number of hydrogen-bond donors (Lipinski definition) is 2. The van der Waals surface area contributed by atoms with E-state index in [0.29, 0.717) is 18.5 Å². The third-order valence-corrected chi connectivity index (χ3v) is 7.79. The molecule has 7 nitrogen and oxygen atoms in total. The van der Waals surface area contributed by atoms with Crippen molar-refractivity contribution < 1.29 is 14.4 Å². The van der Waals surface area contributed by atoms with E-state index in [-0.39, 0.29) is 24.1 Å². The summed E-state index contributed by atoms with van der Waals surface area (Å²) in [5.74, 6) is 0.151. The molecule has 1 aromatic rings. The molecule has 1 aromatic carbocycles. The first-order valence-corrected chi connectivity index (χ1v) is 12.3. The molecule has 0 bridgehead atoms. The maximum Gasteiger partial charge on any atom is 0.255 e. The molecule has 4 heterocycles. The lowest BCUT2D eigenvalue weighted by Crippen LogP contribution is -2.52. The van der Waals surface area contributed by atoms with Gasteiger partial charge in [-0.2, -0.15) is 0 Å². The summed E-state index contributed by atoms with van der Waals surface area (Å²) in [7, 11) is 0. The van der Waals surface area contributed by atoms with Gasteiger partial charge in [0.1, 0.15) is 6.04 Å². The first-order valence-electron chi connectivity index (χ1n) is 12.3. The predicted octanol–water partition coefficient (Wildman–Crippen LogP) is 2.19. The van der Waals surface area contributed by atoms with Crippen LogP contribution in [0.1, 0.15) is 72.9 Å². The third-order valence-electron chi connectivity index (χ3n) is 7.79. The molecule has 0 spiro atoms. The van der Waals surface area contributed by atoms with Crippen molar-refractivity contribution in [1.29, 1.82) is 0 Å². The number of likely N-dealkylation sites (tertiary alicyclic amines) is 1. The molecule has 3 amide bonds. The molecule has 172 valence electrons. The highest BCUT2D eigenvalue weighted by Gasteiger charge is 2.39. The summed E-state index contributed by atoms with van der Waals surface area (Å²) < 4.78 is 0. The summed E-state index contributed by atoms with van der Waals surface area (Å²) in [5.41, 5.74) is 2.92. The molecule has 32 heavy (non-hydrogen) atoms. The number of carbonyl (C=O) groups is 3. The smallest absolute Gasteiger partial charge is 0.255 e. The lowest BCUT2D eigenvalue weighted by molar-refractivity contribution is -0.136. The van der Waals surface area contributed by atoms with Crippen molar-refractivity contribution in [2.45, 2.75) is 76.5 Å². The van der Waals surface area contributed by atoms with Gasteiger partial charge in [0.15, 0.2) is 0 Å². The van der Waals surface area contributed by atoms with Crippen molar-refractivity contribution in [3.8, 4) is 0 Å². The highest BCUT2D eigenvalue weighted by Crippen LogP contribution is 2.30. The molecule has 2 N–H and O–H groups in total. The van der Waals surface area contributed by atoms with Crippen LogP contribution in [-0.4, -0.2) is 59.2 Å². The molecule has 2 atom stereocenters. The first kappa shape index (κ1) is 21.6. The Morgan fingerprint density at radius 2 is 1.84 bits per heavy atom. The number of nitrogens with zero attached hydrogens (tertiary/aromatic N) is 2. The van der Waals surface area contributed by atoms with Gasteiger partial charge >= 0.3 is 0 Å². The zero-order valence-corrected chi connectivity index (χ0v) is 18.8. The predicted molar refractivity (Wildman–Crippen MR) is 121 cm³/mol. The molecular weight excluding hydrogens is 404 g/mol. The molecule has 0 aromatic heterocycles. The summed E-state index contributed by atoms with van der Waals surface area (Å²) in [6.45, 7) is 4.84. The fraction of sp³-hybridized carbons (Fsp3) is 0.640. The largest absolute Gasteiger partial charge is 0.322 e. The lowest BCUT2D eigenvalue weighted by Gasteiger charge is -2.32. The van der Waals surface area contributed by atoms with Crippen LogP contribution in [0.4, 0.5) is 0 Å². The second-order valence-corrected chi connectivity index (χ2v) is 9.98. The summed E-state index contributed by atoms with van der Waals surface area (Å²) in [5, 5.41) is 5.98. The molecule has 4 aliphatic rings. The van der Waals surface area contributed by atoms with E-state index in [1.165, 1.54) is 50.6 Å². The highest BCUT2D eigenvalue weighted by atomic mass is 16.2. The van der Waals surface area contributed by atoms with Gasteiger partial charge in [0.25, 0.3) is 5.91 Å². The summed E-state index contributed by atoms with van der Waals surface area (Å²) in [4.78, 5) is 40.7. The Morgan fingerprint density at radius 3 is 2.59 bits per heavy atom. The van der Waals surface area contributed by atoms with E-state index in [4.69, 9.17) is 0 Å². The molecule has 3 fully saturated rings. The van der Waals surface area contributed by atoms with Crippen molar-refractivity contribution in [2.24, 2.45) is 5.92 Å². The standard InChI is InChI=1S/C25H34N4O3/c30-23-8-7-22(24(31)27-23)29-16-19-14-18(4-6-21(19)25(29)32)15-28-12-9-17(10-13-28)3-5-20-2-1-11-26-20/h4,6,14,17,20,22,26H,1-3,5,7-13,15-16H2,(H,27,30,31)/t20-,22?/m0/s1. The van der Waals surface area contributed by atoms with Crippen molar-refractivity contribution in [3.63, 3.8) is 0 Å². The number of hydrogen-bond acceptors (Lipinski definition) is 5. The van der Waals surface area contributed by atoms with E-state index in [2.05, 4.69) is 27.7 Å². The Morgan fingerprint density at radius 1 is 1.00 bits per heavy atom. The molecule has 7 heteroatoms. The summed E-state index contributed by atoms with van der Waals surface area (Å²) in [6.07, 6.45) is 8.61. The van der Waals surface area contributed by atoms with Gasteiger partial charge in [-0.25, -0.2) is 0 Å². The Balaban J connectivity index is 1.14. The minimum atomic E-state index is -0.547. The first-order chi connectivity index (χ1) is 15.6. The fourth-order valence-electron chi connectivity index (χ4n) is 5.86. The number of carbonyl (C=O) groups excluding carboxylic acids is 3. The average Bonchev–Trinajstić information content (AvgIpc) is 3.41. The van der Waals surface area contributed by atoms with E-state index in [1.807, 2.05) is 6.07 Å². The zero-order valence-electron chi connectivity index (χ0n) is 18.8. The average molecular weight is 439 g/mol. The Labute approximate surface area is 189 Å². The van der Waals surface area contributed by atoms with Crippen LogP contribution in [0, 0.1) is 5.92 Å². The Kier molecular flexibility index (Phi) is 6.28. The monoisotopic (exact) mass is 438 g/mol. The molecular formula is C25H34N4O3. The number of benzene rings is 1. The Bertz CT molecular complexity index is 887. The maximum absolute atomic E-state index is 12.9. The van der Waals surface area contributed by atoms with Crippen LogP contribution in [0.15, 0.2) is 18.2 Å². The van der Waals surface area contributed by atoms with Crippen LogP contribution < -0.4 is 10.6 Å². The van der Waals surface area contributed by atoms with E-state index < -0.39 is 6.04 Å². The normalized spacial score (nSPS) is 27.1. The SMILES string of the molecule is O=C1CCC(N2Cc3cc(CN4CCC(CC[C@@H]5CCCN5)CC4)ccc3C2=O)C(=O)N1. The van der Waals surface area contributed by atoms with Crippen molar-refractivity contribution in [2.75, 3.05) is 19.6 Å². The fourth-order valence-corrected chi connectivity index (χ4v) is 5.86. The quantitative estimate of drug-likeness (QED) is 0.666. The van der Waals surface area contributed by atoms with E-state index in [0.717, 1.165) is 37.2 Å². The minimum absolute atomic E-state index is 0.0985. The summed E-state index contributed by atoms with van der Waals surface area (Å²) >= 11 is 0. The van der Waals surface area contributed by atoms with E-state index in [1.54, 1.807) is 4.90 Å². The van der Waals surface area contributed by atoms with Gasteiger partial charge in [-0.15, -0.1) is 0 Å². The molecule has 0 saturated carbocycles. The second kappa shape index (κ2) is 9.32. The van der Waals surface area contributed by atoms with E-state index >= 15 is 0 Å². The number of imide groups is 1. The lowest BCUT2D eigenvalue weighted by atomic mass is 9.90. The van der Waals surface area contributed by atoms with Crippen molar-refractivity contribution in [3.05, 3.63) is 34.9 Å². The van der Waals surface area contributed by atoms with Gasteiger partial charge in [-0.05, 0) is 87.7 Å². The number of nitrogens with one attached hydrogen (secondary N) is 2. The van der Waals surface area contributed by atoms with Crippen molar-refractivity contribution in [1.82, 2.24) is 20.4 Å². The third kappa shape index (κ3) is 4.59. The molecule has 3 saturated heterocycles. The van der Waals surface area contributed by atoms with Crippen molar-refractivity contribution >= 4 is 17.7 Å². The van der Waals surface area contributed by atoms with Gasteiger partial charge in [-0.3, -0.25) is 24.6 Å². The number of piperidine rings is 2. The van der Waals surface area contributed by atoms with Gasteiger partial charge in [0.05, 0.1) is 0 Å². The molecule has 5 rings (SSSR count). The van der Waals surface area contributed by atoms with Crippen LogP contribution in [-0.2, 0) is 22.7 Å². The van der Waals surface area contributed by atoms with Crippen LogP contribution in [0.2, 0.25) is 0 Å². The summed E-state index contributed by atoms with van der Waals surface area (Å²) in [6, 6.07) is 6.32. The van der Waals surface area contributed by atoms with Crippen LogP contribution in [0.3, 0.4) is 0 Å². The number of amides is 3.